The van der Waals surface area contributed by atoms with Gasteiger partial charge < -0.3 is 10.2 Å². The fourth-order valence-corrected chi connectivity index (χ4v) is 3.45. The van der Waals surface area contributed by atoms with Crippen LogP contribution in [0, 0.1) is 0 Å². The Morgan fingerprint density at radius 2 is 2.07 bits per heavy atom. The summed E-state index contributed by atoms with van der Waals surface area (Å²) in [6.45, 7) is 3.87. The van der Waals surface area contributed by atoms with Crippen LogP contribution in [-0.4, -0.2) is 56.4 Å². The van der Waals surface area contributed by atoms with E-state index in [4.69, 9.17) is 0 Å². The Morgan fingerprint density at radius 1 is 1.25 bits per heavy atom. The molecule has 1 aliphatic rings. The number of hydrogen-bond donors (Lipinski definition) is 2. The molecule has 0 aliphatic carbocycles. The molecular formula is C20H25N7O. The molecule has 8 nitrogen and oxygen atoms in total. The Kier molecular flexibility index (Phi) is 5.12. The van der Waals surface area contributed by atoms with Crippen molar-refractivity contribution in [2.24, 2.45) is 0 Å². The molecule has 4 rings (SSSR count). The number of urea groups is 1. The number of aromatic nitrogens is 4. The van der Waals surface area contributed by atoms with Gasteiger partial charge in [0, 0.05) is 39.3 Å². The average molecular weight is 379 g/mol. The van der Waals surface area contributed by atoms with Crippen LogP contribution in [0.25, 0.3) is 11.3 Å². The first-order chi connectivity index (χ1) is 13.6. The summed E-state index contributed by atoms with van der Waals surface area (Å²) in [5.41, 5.74) is 5.48. The normalized spacial score (nSPS) is 13.9. The van der Waals surface area contributed by atoms with Crippen molar-refractivity contribution >= 4 is 6.03 Å². The number of hydrogen-bond acceptors (Lipinski definition) is 4. The van der Waals surface area contributed by atoms with E-state index in [-0.39, 0.29) is 6.03 Å². The smallest absolute Gasteiger partial charge is 0.317 e. The number of amides is 2. The number of carbonyl (C=O) groups is 1. The van der Waals surface area contributed by atoms with Crippen LogP contribution in [0.1, 0.15) is 17.0 Å². The maximum absolute atomic E-state index is 11.7. The van der Waals surface area contributed by atoms with E-state index in [1.165, 1.54) is 16.2 Å². The zero-order valence-corrected chi connectivity index (χ0v) is 16.2. The lowest BCUT2D eigenvalue weighted by atomic mass is 10.1. The molecule has 2 N–H and O–H groups in total. The van der Waals surface area contributed by atoms with Crippen molar-refractivity contribution in [1.82, 2.24) is 35.1 Å². The summed E-state index contributed by atoms with van der Waals surface area (Å²) in [4.78, 5) is 15.6. The van der Waals surface area contributed by atoms with Crippen molar-refractivity contribution in [3.05, 3.63) is 59.5 Å². The highest BCUT2D eigenvalue weighted by atomic mass is 16.2. The highest BCUT2D eigenvalue weighted by Gasteiger charge is 2.20. The summed E-state index contributed by atoms with van der Waals surface area (Å²) < 4.78 is 2.04. The van der Waals surface area contributed by atoms with Crippen LogP contribution >= 0.6 is 0 Å². The molecule has 28 heavy (non-hydrogen) atoms. The van der Waals surface area contributed by atoms with Crippen molar-refractivity contribution in [1.29, 1.82) is 0 Å². The summed E-state index contributed by atoms with van der Waals surface area (Å²) in [5.74, 6) is 0. The van der Waals surface area contributed by atoms with Crippen molar-refractivity contribution in [2.45, 2.75) is 26.2 Å². The second-order valence-corrected chi connectivity index (χ2v) is 7.25. The third kappa shape index (κ3) is 3.91. The van der Waals surface area contributed by atoms with Gasteiger partial charge in [0.15, 0.2) is 0 Å². The van der Waals surface area contributed by atoms with E-state index in [2.05, 4.69) is 43.7 Å². The second-order valence-electron chi connectivity index (χ2n) is 7.25. The summed E-state index contributed by atoms with van der Waals surface area (Å²) >= 11 is 0. The number of carbonyl (C=O) groups excluding carboxylic acids is 1. The third-order valence-corrected chi connectivity index (χ3v) is 4.93. The van der Waals surface area contributed by atoms with Crippen LogP contribution in [0.15, 0.2) is 42.6 Å². The monoisotopic (exact) mass is 379 g/mol. The van der Waals surface area contributed by atoms with Gasteiger partial charge >= 0.3 is 6.03 Å². The molecular weight excluding hydrogens is 354 g/mol. The minimum Gasteiger partial charge on any atom is -0.332 e. The van der Waals surface area contributed by atoms with Gasteiger partial charge in [0.25, 0.3) is 0 Å². The Hall–Kier alpha value is -3.13. The van der Waals surface area contributed by atoms with Gasteiger partial charge in [-0.05, 0) is 11.6 Å². The van der Waals surface area contributed by atoms with E-state index in [0.717, 1.165) is 43.1 Å². The molecule has 1 aromatic carbocycles. The molecule has 8 heteroatoms. The van der Waals surface area contributed by atoms with Gasteiger partial charge in [0.05, 0.1) is 36.4 Å². The third-order valence-electron chi connectivity index (χ3n) is 4.93. The van der Waals surface area contributed by atoms with E-state index < -0.39 is 0 Å². The topological polar surface area (TPSA) is 82.1 Å². The molecule has 0 fully saturated rings. The van der Waals surface area contributed by atoms with Crippen molar-refractivity contribution < 1.29 is 4.79 Å². The van der Waals surface area contributed by atoms with Gasteiger partial charge in [0.2, 0.25) is 0 Å². The Labute approximate surface area is 164 Å². The minimum atomic E-state index is -0.110. The number of nitrogens with zero attached hydrogens (tertiary/aromatic N) is 5. The second kappa shape index (κ2) is 7.85. The van der Waals surface area contributed by atoms with Gasteiger partial charge in [-0.1, -0.05) is 30.3 Å². The highest BCUT2D eigenvalue weighted by Crippen LogP contribution is 2.23. The molecule has 1 aliphatic heterocycles. The molecule has 146 valence electrons. The summed E-state index contributed by atoms with van der Waals surface area (Å²) in [7, 11) is 3.45. The van der Waals surface area contributed by atoms with E-state index in [9.17, 15) is 4.79 Å². The van der Waals surface area contributed by atoms with E-state index in [1.807, 2.05) is 29.1 Å². The number of benzene rings is 1. The van der Waals surface area contributed by atoms with Gasteiger partial charge in [-0.3, -0.25) is 14.7 Å². The summed E-state index contributed by atoms with van der Waals surface area (Å²) in [5, 5.41) is 14.9. The lowest BCUT2D eigenvalue weighted by Crippen LogP contribution is -2.34. The van der Waals surface area contributed by atoms with Gasteiger partial charge in [-0.2, -0.15) is 10.2 Å². The molecule has 0 saturated heterocycles. The molecule has 0 bridgehead atoms. The summed E-state index contributed by atoms with van der Waals surface area (Å²) in [6, 6.07) is 12.2. The Bertz CT molecular complexity index is 945. The van der Waals surface area contributed by atoms with Crippen LogP contribution in [0.5, 0.6) is 0 Å². The standard InChI is InChI=1S/C20H25N7O/c1-25(2)20(28)21-12-17-10-18-14-26(8-9-27(18)24-17)13-16-11-22-23-19(16)15-6-4-3-5-7-15/h3-7,10-11H,8-9,12-14H2,1-2H3,(H,21,28)(H,22,23). The van der Waals surface area contributed by atoms with Crippen LogP contribution in [0.2, 0.25) is 0 Å². The van der Waals surface area contributed by atoms with Crippen LogP contribution < -0.4 is 5.32 Å². The van der Waals surface area contributed by atoms with Gasteiger partial charge in [-0.15, -0.1) is 0 Å². The Morgan fingerprint density at radius 3 is 2.86 bits per heavy atom. The summed E-state index contributed by atoms with van der Waals surface area (Å²) in [6.07, 6.45) is 1.91. The molecule has 0 spiro atoms. The van der Waals surface area contributed by atoms with Crippen LogP contribution in [0.3, 0.4) is 0 Å². The van der Waals surface area contributed by atoms with Gasteiger partial charge in [-0.25, -0.2) is 4.79 Å². The molecule has 3 heterocycles. The molecule has 2 amide bonds. The number of H-pyrrole nitrogens is 1. The lowest BCUT2D eigenvalue weighted by molar-refractivity contribution is 0.205. The fourth-order valence-electron chi connectivity index (χ4n) is 3.45. The first-order valence-electron chi connectivity index (χ1n) is 9.41. The highest BCUT2D eigenvalue weighted by molar-refractivity contribution is 5.73. The zero-order chi connectivity index (χ0) is 19.5. The van der Waals surface area contributed by atoms with E-state index >= 15 is 0 Å². The van der Waals surface area contributed by atoms with Crippen LogP contribution in [0.4, 0.5) is 4.79 Å². The maximum Gasteiger partial charge on any atom is 0.317 e. The fraction of sp³-hybridized carbons (Fsp3) is 0.350. The average Bonchev–Trinajstić information content (AvgIpc) is 3.33. The molecule has 3 aromatic rings. The molecule has 0 radical (unpaired) electrons. The number of fused-ring (bicyclic) bond motifs is 1. The minimum absolute atomic E-state index is 0.110. The van der Waals surface area contributed by atoms with E-state index in [0.29, 0.717) is 6.54 Å². The maximum atomic E-state index is 11.7. The SMILES string of the molecule is CN(C)C(=O)NCc1cc2n(n1)CCN(Cc1cn[nH]c1-c1ccccc1)C2. The van der Waals surface area contributed by atoms with Crippen molar-refractivity contribution in [3.8, 4) is 11.3 Å². The number of nitrogens with one attached hydrogen (secondary N) is 2. The van der Waals surface area contributed by atoms with Gasteiger partial charge in [0.1, 0.15) is 0 Å². The molecule has 2 aromatic heterocycles. The first kappa shape index (κ1) is 18.2. The molecule has 0 saturated carbocycles. The quantitative estimate of drug-likeness (QED) is 0.711. The number of rotatable bonds is 5. The van der Waals surface area contributed by atoms with E-state index in [1.54, 1.807) is 14.1 Å². The molecule has 0 atom stereocenters. The van der Waals surface area contributed by atoms with Crippen molar-refractivity contribution in [3.63, 3.8) is 0 Å². The number of aromatic amines is 1. The predicted octanol–water partition coefficient (Wildman–Crippen LogP) is 2.06. The lowest BCUT2D eigenvalue weighted by Gasteiger charge is -2.27. The Balaban J connectivity index is 1.41. The first-order valence-corrected chi connectivity index (χ1v) is 9.41. The largest absolute Gasteiger partial charge is 0.332 e. The predicted molar refractivity (Wildman–Crippen MR) is 106 cm³/mol. The van der Waals surface area contributed by atoms with Crippen LogP contribution in [-0.2, 0) is 26.2 Å². The molecule has 0 unspecified atom stereocenters. The van der Waals surface area contributed by atoms with Crippen molar-refractivity contribution in [2.75, 3.05) is 20.6 Å². The zero-order valence-electron chi connectivity index (χ0n) is 16.2.